The van der Waals surface area contributed by atoms with Crippen molar-refractivity contribution in [2.75, 3.05) is 18.4 Å². The average molecular weight is 275 g/mol. The number of urea groups is 1. The lowest BCUT2D eigenvalue weighted by Gasteiger charge is -2.19. The van der Waals surface area contributed by atoms with Gasteiger partial charge in [0, 0.05) is 12.2 Å². The molecule has 0 fully saturated rings. The van der Waals surface area contributed by atoms with E-state index in [2.05, 4.69) is 5.32 Å². The minimum atomic E-state index is -1.12. The van der Waals surface area contributed by atoms with Gasteiger partial charge in [-0.15, -0.1) is 0 Å². The molecule has 0 bridgehead atoms. The van der Waals surface area contributed by atoms with Crippen LogP contribution in [0, 0.1) is 5.82 Å². The molecule has 0 aliphatic rings. The van der Waals surface area contributed by atoms with Crippen molar-refractivity contribution < 1.29 is 19.1 Å². The number of anilines is 1. The van der Waals surface area contributed by atoms with Crippen LogP contribution in [0.4, 0.5) is 14.9 Å². The summed E-state index contributed by atoms with van der Waals surface area (Å²) in [7, 11) is 0. The van der Waals surface area contributed by atoms with Gasteiger partial charge in [0.05, 0.1) is 5.02 Å². The molecular formula is C11H12ClFN2O3. The summed E-state index contributed by atoms with van der Waals surface area (Å²) in [6.07, 6.45) is 0. The number of hydrogen-bond acceptors (Lipinski definition) is 2. The number of carboxylic acids is 1. The molecule has 0 heterocycles. The van der Waals surface area contributed by atoms with Crippen LogP contribution in [-0.2, 0) is 4.79 Å². The van der Waals surface area contributed by atoms with Gasteiger partial charge >= 0.3 is 12.0 Å². The van der Waals surface area contributed by atoms with E-state index in [1.54, 1.807) is 6.92 Å². The maximum atomic E-state index is 13.1. The van der Waals surface area contributed by atoms with E-state index in [4.69, 9.17) is 16.7 Å². The van der Waals surface area contributed by atoms with Crippen LogP contribution in [0.25, 0.3) is 0 Å². The third-order valence-electron chi connectivity index (χ3n) is 2.17. The zero-order chi connectivity index (χ0) is 13.7. The molecule has 1 rings (SSSR count). The summed E-state index contributed by atoms with van der Waals surface area (Å²) < 4.78 is 13.1. The first kappa shape index (κ1) is 14.2. The van der Waals surface area contributed by atoms with Gasteiger partial charge in [0.15, 0.2) is 0 Å². The quantitative estimate of drug-likeness (QED) is 0.886. The van der Waals surface area contributed by atoms with E-state index in [0.717, 1.165) is 11.0 Å². The van der Waals surface area contributed by atoms with Crippen LogP contribution in [0.15, 0.2) is 18.2 Å². The number of nitrogens with zero attached hydrogens (tertiary/aromatic N) is 1. The molecule has 0 aliphatic heterocycles. The molecule has 0 saturated heterocycles. The van der Waals surface area contributed by atoms with E-state index in [1.165, 1.54) is 12.1 Å². The Bertz CT molecular complexity index is 468. The summed E-state index contributed by atoms with van der Waals surface area (Å²) >= 11 is 5.50. The lowest BCUT2D eigenvalue weighted by atomic mass is 10.3. The highest BCUT2D eigenvalue weighted by Gasteiger charge is 2.15. The van der Waals surface area contributed by atoms with Crippen molar-refractivity contribution in [2.45, 2.75) is 6.92 Å². The first-order valence-corrected chi connectivity index (χ1v) is 5.54. The number of carbonyl (C=O) groups excluding carboxylic acids is 1. The Morgan fingerprint density at radius 1 is 1.50 bits per heavy atom. The third kappa shape index (κ3) is 3.89. The van der Waals surface area contributed by atoms with E-state index in [-0.39, 0.29) is 17.3 Å². The first-order chi connectivity index (χ1) is 8.43. The second-order valence-electron chi connectivity index (χ2n) is 3.47. The van der Waals surface area contributed by atoms with Gasteiger partial charge in [-0.3, -0.25) is 4.79 Å². The zero-order valence-corrected chi connectivity index (χ0v) is 10.4. The van der Waals surface area contributed by atoms with Gasteiger partial charge in [-0.25, -0.2) is 9.18 Å². The number of carboxylic acid groups (broad SMARTS) is 1. The maximum Gasteiger partial charge on any atom is 0.323 e. The standard InChI is InChI=1S/C11H12ClFN2O3/c1-2-15(6-10(16)17)11(18)14-7-3-4-8(12)9(13)5-7/h3-5H,2,6H2,1H3,(H,14,18)(H,16,17). The van der Waals surface area contributed by atoms with Crippen LogP contribution in [-0.4, -0.2) is 35.1 Å². The minimum absolute atomic E-state index is 0.0501. The number of likely N-dealkylation sites (N-methyl/N-ethyl adjacent to an activating group) is 1. The number of carbonyl (C=O) groups is 2. The predicted molar refractivity (Wildman–Crippen MR) is 65.3 cm³/mol. The summed E-state index contributed by atoms with van der Waals surface area (Å²) in [6.45, 7) is 1.46. The van der Waals surface area contributed by atoms with Crippen molar-refractivity contribution in [3.8, 4) is 0 Å². The highest BCUT2D eigenvalue weighted by Crippen LogP contribution is 2.18. The molecule has 5 nitrogen and oxygen atoms in total. The predicted octanol–water partition coefficient (Wildman–Crippen LogP) is 2.42. The summed E-state index contributed by atoms with van der Waals surface area (Å²) in [5.41, 5.74) is 0.214. The van der Waals surface area contributed by atoms with Crippen LogP contribution in [0.1, 0.15) is 6.92 Å². The molecule has 2 amide bonds. The lowest BCUT2D eigenvalue weighted by Crippen LogP contribution is -2.38. The Balaban J connectivity index is 2.73. The van der Waals surface area contributed by atoms with Crippen molar-refractivity contribution in [1.29, 1.82) is 0 Å². The Morgan fingerprint density at radius 2 is 2.17 bits per heavy atom. The van der Waals surface area contributed by atoms with Crippen LogP contribution < -0.4 is 5.32 Å². The van der Waals surface area contributed by atoms with Gasteiger partial charge in [0.2, 0.25) is 0 Å². The number of hydrogen-bond donors (Lipinski definition) is 2. The normalized spacial score (nSPS) is 9.94. The molecule has 0 radical (unpaired) electrons. The molecule has 0 spiro atoms. The fourth-order valence-corrected chi connectivity index (χ4v) is 1.38. The van der Waals surface area contributed by atoms with E-state index >= 15 is 0 Å². The van der Waals surface area contributed by atoms with Crippen LogP contribution in [0.3, 0.4) is 0 Å². The van der Waals surface area contributed by atoms with Crippen molar-refractivity contribution >= 4 is 29.3 Å². The number of nitrogens with one attached hydrogen (secondary N) is 1. The molecule has 1 aromatic carbocycles. The van der Waals surface area contributed by atoms with Crippen molar-refractivity contribution in [2.24, 2.45) is 0 Å². The summed E-state index contributed by atoms with van der Waals surface area (Å²) in [5, 5.41) is 11.0. The average Bonchev–Trinajstić information content (AvgIpc) is 2.30. The molecule has 0 saturated carbocycles. The van der Waals surface area contributed by atoms with Gasteiger partial charge in [0.1, 0.15) is 12.4 Å². The molecule has 1 aromatic rings. The fraction of sp³-hybridized carbons (Fsp3) is 0.273. The van der Waals surface area contributed by atoms with Crippen LogP contribution in [0.2, 0.25) is 5.02 Å². The van der Waals surface area contributed by atoms with Gasteiger partial charge in [0.25, 0.3) is 0 Å². The highest BCUT2D eigenvalue weighted by molar-refractivity contribution is 6.30. The van der Waals surface area contributed by atoms with E-state index in [9.17, 15) is 14.0 Å². The second kappa shape index (κ2) is 6.20. The number of aliphatic carboxylic acids is 1. The number of benzene rings is 1. The summed E-state index contributed by atoms with van der Waals surface area (Å²) in [5.74, 6) is -1.77. The molecule has 7 heteroatoms. The maximum absolute atomic E-state index is 13.1. The van der Waals surface area contributed by atoms with E-state index < -0.39 is 24.4 Å². The van der Waals surface area contributed by atoms with Gasteiger partial charge in [-0.05, 0) is 25.1 Å². The Labute approximate surface area is 108 Å². The van der Waals surface area contributed by atoms with Crippen molar-refractivity contribution in [3.63, 3.8) is 0 Å². The Morgan fingerprint density at radius 3 is 2.67 bits per heavy atom. The monoisotopic (exact) mass is 274 g/mol. The molecule has 18 heavy (non-hydrogen) atoms. The summed E-state index contributed by atoms with van der Waals surface area (Å²) in [6, 6.07) is 3.19. The molecule has 98 valence electrons. The molecular weight excluding hydrogens is 263 g/mol. The summed E-state index contributed by atoms with van der Waals surface area (Å²) in [4.78, 5) is 23.3. The fourth-order valence-electron chi connectivity index (χ4n) is 1.27. The van der Waals surface area contributed by atoms with E-state index in [0.29, 0.717) is 0 Å². The number of halogens is 2. The van der Waals surface area contributed by atoms with Gasteiger partial charge < -0.3 is 15.3 Å². The smallest absolute Gasteiger partial charge is 0.323 e. The Kier molecular flexibility index (Phi) is 4.91. The molecule has 2 N–H and O–H groups in total. The van der Waals surface area contributed by atoms with E-state index in [1.807, 2.05) is 0 Å². The SMILES string of the molecule is CCN(CC(=O)O)C(=O)Nc1ccc(Cl)c(F)c1. The third-order valence-corrected chi connectivity index (χ3v) is 2.47. The molecule has 0 aromatic heterocycles. The molecule has 0 unspecified atom stereocenters. The van der Waals surface area contributed by atoms with Crippen LogP contribution >= 0.6 is 11.6 Å². The first-order valence-electron chi connectivity index (χ1n) is 5.16. The topological polar surface area (TPSA) is 69.6 Å². The number of rotatable bonds is 4. The van der Waals surface area contributed by atoms with Crippen molar-refractivity contribution in [3.05, 3.63) is 29.0 Å². The highest BCUT2D eigenvalue weighted by atomic mass is 35.5. The minimum Gasteiger partial charge on any atom is -0.480 e. The van der Waals surface area contributed by atoms with Crippen molar-refractivity contribution in [1.82, 2.24) is 4.90 Å². The molecule has 0 atom stereocenters. The number of amides is 2. The zero-order valence-electron chi connectivity index (χ0n) is 9.61. The molecule has 0 aliphatic carbocycles. The Hall–Kier alpha value is -1.82. The van der Waals surface area contributed by atoms with Crippen LogP contribution in [0.5, 0.6) is 0 Å². The second-order valence-corrected chi connectivity index (χ2v) is 3.87. The van der Waals surface area contributed by atoms with Gasteiger partial charge in [-0.2, -0.15) is 0 Å². The lowest BCUT2D eigenvalue weighted by molar-refractivity contribution is -0.137. The van der Waals surface area contributed by atoms with Gasteiger partial charge in [-0.1, -0.05) is 11.6 Å². The largest absolute Gasteiger partial charge is 0.480 e.